The van der Waals surface area contributed by atoms with Crippen LogP contribution < -0.4 is 9.47 Å². The molecule has 4 aromatic rings. The van der Waals surface area contributed by atoms with Gasteiger partial charge in [0.1, 0.15) is 22.2 Å². The number of hydrogen-bond donors (Lipinski definition) is 0. The van der Waals surface area contributed by atoms with Gasteiger partial charge in [-0.3, -0.25) is 9.69 Å². The van der Waals surface area contributed by atoms with Crippen molar-refractivity contribution in [3.05, 3.63) is 112 Å². The number of methoxy groups -OCH3 is 2. The average Bonchev–Trinajstić information content (AvgIpc) is 3.54. The molecule has 1 fully saturated rings. The van der Waals surface area contributed by atoms with Crippen LogP contribution >= 0.6 is 11.3 Å². The van der Waals surface area contributed by atoms with Gasteiger partial charge in [0.2, 0.25) is 0 Å². The highest BCUT2D eigenvalue weighted by atomic mass is 32.1. The molecule has 1 aromatic heterocycles. The smallest absolute Gasteiger partial charge is 0.273 e. The lowest BCUT2D eigenvalue weighted by Gasteiger charge is -2.33. The fraction of sp³-hybridized carbons (Fsp3) is 0.371. The van der Waals surface area contributed by atoms with Crippen molar-refractivity contribution in [1.29, 1.82) is 0 Å². The molecule has 0 aliphatic carbocycles. The molecule has 226 valence electrons. The predicted octanol–water partition coefficient (Wildman–Crippen LogP) is 6.16. The summed E-state index contributed by atoms with van der Waals surface area (Å²) in [7, 11) is 3.36. The summed E-state index contributed by atoms with van der Waals surface area (Å²) >= 11 is 1.57. The third-order valence-electron chi connectivity index (χ3n) is 8.26. The first kappa shape index (κ1) is 30.7. The van der Waals surface area contributed by atoms with Gasteiger partial charge >= 0.3 is 0 Å². The maximum absolute atomic E-state index is 13.3. The van der Waals surface area contributed by atoms with Gasteiger partial charge in [0.25, 0.3) is 5.91 Å². The quantitative estimate of drug-likeness (QED) is 0.184. The van der Waals surface area contributed by atoms with E-state index in [1.807, 2.05) is 22.4 Å². The maximum Gasteiger partial charge on any atom is 0.273 e. The SMILES string of the molecule is CCN1CCN(C(=O)c2csc(CN(CCC(c3ccccc3)c3ccccc3)Cc3ccc(OC)cc3OC)n2)CC1. The van der Waals surface area contributed by atoms with Gasteiger partial charge in [0.05, 0.1) is 20.8 Å². The van der Waals surface area contributed by atoms with E-state index in [2.05, 4.69) is 83.5 Å². The molecule has 0 N–H and O–H groups in total. The zero-order valence-corrected chi connectivity index (χ0v) is 26.3. The Kier molecular flexibility index (Phi) is 10.8. The Morgan fingerprint density at radius 2 is 1.58 bits per heavy atom. The van der Waals surface area contributed by atoms with Crippen LogP contribution in [-0.2, 0) is 13.1 Å². The van der Waals surface area contributed by atoms with Crippen LogP contribution in [0, 0.1) is 0 Å². The summed E-state index contributed by atoms with van der Waals surface area (Å²) in [6, 6.07) is 27.4. The molecule has 1 aliphatic heterocycles. The zero-order chi connectivity index (χ0) is 30.0. The molecule has 0 bridgehead atoms. The number of rotatable bonds is 13. The largest absolute Gasteiger partial charge is 0.497 e. The number of piperazine rings is 1. The number of likely N-dealkylation sites (N-methyl/N-ethyl adjacent to an activating group) is 1. The van der Waals surface area contributed by atoms with E-state index in [0.717, 1.165) is 67.8 Å². The first-order valence-electron chi connectivity index (χ1n) is 15.1. The second-order valence-corrected chi connectivity index (χ2v) is 11.8. The van der Waals surface area contributed by atoms with Gasteiger partial charge < -0.3 is 19.3 Å². The van der Waals surface area contributed by atoms with Gasteiger partial charge in [-0.2, -0.15) is 0 Å². The minimum atomic E-state index is 0.0369. The van der Waals surface area contributed by atoms with E-state index in [4.69, 9.17) is 14.5 Å². The van der Waals surface area contributed by atoms with Crippen molar-refractivity contribution in [3.63, 3.8) is 0 Å². The lowest BCUT2D eigenvalue weighted by molar-refractivity contribution is 0.0638. The Morgan fingerprint density at radius 1 is 0.907 bits per heavy atom. The summed E-state index contributed by atoms with van der Waals surface area (Å²) < 4.78 is 11.2. The van der Waals surface area contributed by atoms with E-state index in [0.29, 0.717) is 18.8 Å². The molecule has 43 heavy (non-hydrogen) atoms. The molecule has 1 aliphatic rings. The number of ether oxygens (including phenoxy) is 2. The van der Waals surface area contributed by atoms with Crippen LogP contribution in [0.1, 0.15) is 51.4 Å². The summed E-state index contributed by atoms with van der Waals surface area (Å²) in [6.07, 6.45) is 0.936. The summed E-state index contributed by atoms with van der Waals surface area (Å²) in [6.45, 7) is 8.70. The number of nitrogens with zero attached hydrogens (tertiary/aromatic N) is 4. The van der Waals surface area contributed by atoms with Gasteiger partial charge in [0, 0.05) is 55.7 Å². The van der Waals surface area contributed by atoms with Gasteiger partial charge in [0.15, 0.2) is 0 Å². The van der Waals surface area contributed by atoms with Crippen molar-refractivity contribution >= 4 is 17.2 Å². The molecule has 1 saturated heterocycles. The zero-order valence-electron chi connectivity index (χ0n) is 25.4. The van der Waals surface area contributed by atoms with Crippen LogP contribution in [0.4, 0.5) is 0 Å². The number of carbonyl (C=O) groups is 1. The summed E-state index contributed by atoms with van der Waals surface area (Å²) in [5.74, 6) is 1.86. The number of hydrogen-bond acceptors (Lipinski definition) is 7. The molecule has 1 amide bonds. The van der Waals surface area contributed by atoms with E-state index in [-0.39, 0.29) is 11.8 Å². The van der Waals surface area contributed by atoms with Crippen molar-refractivity contribution < 1.29 is 14.3 Å². The first-order chi connectivity index (χ1) is 21.1. The molecule has 2 heterocycles. The van der Waals surface area contributed by atoms with Crippen molar-refractivity contribution in [3.8, 4) is 11.5 Å². The van der Waals surface area contributed by atoms with Crippen LogP contribution in [0.3, 0.4) is 0 Å². The third kappa shape index (κ3) is 8.02. The lowest BCUT2D eigenvalue weighted by Crippen LogP contribution is -2.48. The molecule has 0 radical (unpaired) electrons. The van der Waals surface area contributed by atoms with Crippen molar-refractivity contribution in [2.45, 2.75) is 32.4 Å². The van der Waals surface area contributed by atoms with Gasteiger partial charge in [-0.15, -0.1) is 11.3 Å². The van der Waals surface area contributed by atoms with E-state index in [1.54, 1.807) is 25.6 Å². The van der Waals surface area contributed by atoms with E-state index < -0.39 is 0 Å². The number of thiazole rings is 1. The van der Waals surface area contributed by atoms with Crippen LogP contribution in [0.25, 0.3) is 0 Å². The van der Waals surface area contributed by atoms with Gasteiger partial charge in [-0.1, -0.05) is 73.7 Å². The molecule has 8 heteroatoms. The van der Waals surface area contributed by atoms with E-state index in [9.17, 15) is 4.79 Å². The topological polar surface area (TPSA) is 58.1 Å². The average molecular weight is 599 g/mol. The summed E-state index contributed by atoms with van der Waals surface area (Å²) in [5.41, 5.74) is 4.25. The number of amides is 1. The van der Waals surface area contributed by atoms with Crippen molar-refractivity contribution in [1.82, 2.24) is 19.7 Å². The van der Waals surface area contributed by atoms with Crippen LogP contribution in [0.2, 0.25) is 0 Å². The molecule has 7 nitrogen and oxygen atoms in total. The molecule has 0 spiro atoms. The molecule has 5 rings (SSSR count). The monoisotopic (exact) mass is 598 g/mol. The maximum atomic E-state index is 13.3. The molecule has 0 atom stereocenters. The predicted molar refractivity (Wildman–Crippen MR) is 173 cm³/mol. The van der Waals surface area contributed by atoms with Crippen LogP contribution in [0.15, 0.2) is 84.2 Å². The van der Waals surface area contributed by atoms with Crippen molar-refractivity contribution in [2.24, 2.45) is 0 Å². The molecule has 0 saturated carbocycles. The Morgan fingerprint density at radius 3 is 2.19 bits per heavy atom. The van der Waals surface area contributed by atoms with Crippen LogP contribution in [0.5, 0.6) is 11.5 Å². The second-order valence-electron chi connectivity index (χ2n) is 10.9. The Balaban J connectivity index is 1.36. The molecule has 3 aromatic carbocycles. The fourth-order valence-corrected chi connectivity index (χ4v) is 6.56. The summed E-state index contributed by atoms with van der Waals surface area (Å²) in [5, 5.41) is 2.87. The second kappa shape index (κ2) is 15.1. The lowest BCUT2D eigenvalue weighted by atomic mass is 9.88. The van der Waals surface area contributed by atoms with Gasteiger partial charge in [-0.25, -0.2) is 4.98 Å². The van der Waals surface area contributed by atoms with E-state index in [1.165, 1.54) is 11.1 Å². The van der Waals surface area contributed by atoms with Crippen LogP contribution in [-0.4, -0.2) is 79.1 Å². The Bertz CT molecular complexity index is 1400. The van der Waals surface area contributed by atoms with Crippen molar-refractivity contribution in [2.75, 3.05) is 53.5 Å². The Labute approximate surface area is 259 Å². The highest BCUT2D eigenvalue weighted by molar-refractivity contribution is 7.09. The summed E-state index contributed by atoms with van der Waals surface area (Å²) in [4.78, 5) is 24.8. The molecular weight excluding hydrogens is 556 g/mol. The highest BCUT2D eigenvalue weighted by Crippen LogP contribution is 2.31. The standard InChI is InChI=1S/C35H42N4O3S/c1-4-37-19-21-39(22-20-37)35(40)32-26-43-34(36-32)25-38(24-29-15-16-30(41-2)23-33(29)42-3)18-17-31(27-11-7-5-8-12-27)28-13-9-6-10-14-28/h5-16,23,26,31H,4,17-22,24-25H2,1-3H3. The first-order valence-corrected chi connectivity index (χ1v) is 15.9. The highest BCUT2D eigenvalue weighted by Gasteiger charge is 2.24. The number of aromatic nitrogens is 1. The number of carbonyl (C=O) groups excluding carboxylic acids is 1. The Hall–Kier alpha value is -3.72. The third-order valence-corrected chi connectivity index (χ3v) is 9.10. The minimum Gasteiger partial charge on any atom is -0.497 e. The minimum absolute atomic E-state index is 0.0369. The molecule has 0 unspecified atom stereocenters. The molecular formula is C35H42N4O3S. The fourth-order valence-electron chi connectivity index (χ4n) is 5.75. The number of benzene rings is 3. The van der Waals surface area contributed by atoms with Gasteiger partial charge in [-0.05, 0) is 36.7 Å². The normalized spacial score (nSPS) is 13.9. The van der Waals surface area contributed by atoms with E-state index >= 15 is 0 Å².